The Bertz CT molecular complexity index is 682. The number of thioether (sulfide) groups is 1. The quantitative estimate of drug-likeness (QED) is 0.622. The van der Waals surface area contributed by atoms with Gasteiger partial charge in [-0.25, -0.2) is 9.97 Å². The molecule has 0 N–H and O–H groups in total. The minimum Gasteiger partial charge on any atom is -0.337 e. The second kappa shape index (κ2) is 7.79. The lowest BCUT2D eigenvalue weighted by Crippen LogP contribution is -2.48. The van der Waals surface area contributed by atoms with Crippen LogP contribution >= 0.6 is 11.8 Å². The van der Waals surface area contributed by atoms with Gasteiger partial charge in [-0.05, 0) is 39.2 Å². The minimum atomic E-state index is 0.188. The molecule has 4 nitrogen and oxygen atoms in total. The lowest BCUT2D eigenvalue weighted by atomic mass is 9.98. The number of hydrogen-bond acceptors (Lipinski definition) is 4. The van der Waals surface area contributed by atoms with Crippen molar-refractivity contribution in [2.75, 3.05) is 5.75 Å². The zero-order chi connectivity index (χ0) is 16.9. The molecule has 0 spiro atoms. The monoisotopic (exact) mass is 341 g/mol. The minimum absolute atomic E-state index is 0.188. The molecule has 2 atom stereocenters. The first-order chi connectivity index (χ1) is 11.6. The lowest BCUT2D eigenvalue weighted by Gasteiger charge is -2.39. The number of nitrogens with zero attached hydrogens (tertiary/aromatic N) is 3. The number of aromatic nitrogens is 2. The predicted octanol–water partition coefficient (Wildman–Crippen LogP) is 4.03. The summed E-state index contributed by atoms with van der Waals surface area (Å²) in [6.07, 6.45) is 5.16. The summed E-state index contributed by atoms with van der Waals surface area (Å²) in [7, 11) is 0. The molecule has 2 heterocycles. The van der Waals surface area contributed by atoms with Crippen LogP contribution in [0.25, 0.3) is 11.3 Å². The van der Waals surface area contributed by atoms with Gasteiger partial charge >= 0.3 is 0 Å². The van der Waals surface area contributed by atoms with Crippen LogP contribution in [-0.4, -0.2) is 38.6 Å². The zero-order valence-electron chi connectivity index (χ0n) is 14.2. The van der Waals surface area contributed by atoms with E-state index in [9.17, 15) is 4.79 Å². The fourth-order valence-electron chi connectivity index (χ4n) is 3.29. The van der Waals surface area contributed by atoms with Crippen molar-refractivity contribution in [3.63, 3.8) is 0 Å². The van der Waals surface area contributed by atoms with Crippen molar-refractivity contribution in [1.82, 2.24) is 14.9 Å². The van der Waals surface area contributed by atoms with E-state index in [1.807, 2.05) is 41.3 Å². The smallest absolute Gasteiger partial charge is 0.233 e. The third kappa shape index (κ3) is 3.96. The summed E-state index contributed by atoms with van der Waals surface area (Å²) >= 11 is 1.42. The van der Waals surface area contributed by atoms with Gasteiger partial charge in [0.05, 0.1) is 11.4 Å². The van der Waals surface area contributed by atoms with Crippen molar-refractivity contribution in [3.8, 4) is 11.3 Å². The third-order valence-electron chi connectivity index (χ3n) is 4.51. The van der Waals surface area contributed by atoms with E-state index in [1.165, 1.54) is 18.2 Å². The Balaban J connectivity index is 1.65. The molecule has 1 amide bonds. The molecule has 1 aromatic carbocycles. The molecule has 0 bridgehead atoms. The fraction of sp³-hybridized carbons (Fsp3) is 0.421. The van der Waals surface area contributed by atoms with Gasteiger partial charge < -0.3 is 4.90 Å². The summed E-state index contributed by atoms with van der Waals surface area (Å²) in [6, 6.07) is 12.6. The molecule has 126 valence electrons. The standard InChI is InChI=1S/C19H23N3OS/c1-14-7-6-8-15(2)22(14)18(23)13-24-19-20-12-11-17(21-19)16-9-4-3-5-10-16/h3-5,9-12,14-15H,6-8,13H2,1-2H3. The van der Waals surface area contributed by atoms with Gasteiger partial charge in [0, 0.05) is 23.8 Å². The summed E-state index contributed by atoms with van der Waals surface area (Å²) in [4.78, 5) is 23.5. The van der Waals surface area contributed by atoms with Crippen molar-refractivity contribution in [2.24, 2.45) is 0 Å². The maximum atomic E-state index is 12.6. The lowest BCUT2D eigenvalue weighted by molar-refractivity contribution is -0.134. The number of hydrogen-bond donors (Lipinski definition) is 0. The highest BCUT2D eigenvalue weighted by molar-refractivity contribution is 7.99. The first-order valence-corrected chi connectivity index (χ1v) is 9.46. The van der Waals surface area contributed by atoms with E-state index in [-0.39, 0.29) is 5.91 Å². The normalized spacial score (nSPS) is 20.8. The maximum Gasteiger partial charge on any atom is 0.233 e. The summed E-state index contributed by atoms with van der Waals surface area (Å²) in [5.41, 5.74) is 1.95. The Morgan fingerprint density at radius 3 is 2.58 bits per heavy atom. The Labute approximate surface area is 147 Å². The van der Waals surface area contributed by atoms with Crippen LogP contribution in [-0.2, 0) is 4.79 Å². The van der Waals surface area contributed by atoms with Crippen molar-refractivity contribution in [2.45, 2.75) is 50.4 Å². The Morgan fingerprint density at radius 2 is 1.88 bits per heavy atom. The number of carbonyl (C=O) groups excluding carboxylic acids is 1. The molecule has 1 saturated heterocycles. The first-order valence-electron chi connectivity index (χ1n) is 8.47. The van der Waals surface area contributed by atoms with Gasteiger partial charge in [-0.15, -0.1) is 0 Å². The maximum absolute atomic E-state index is 12.6. The van der Waals surface area contributed by atoms with E-state index in [0.29, 0.717) is 23.0 Å². The third-order valence-corrected chi connectivity index (χ3v) is 5.36. The molecule has 2 unspecified atom stereocenters. The van der Waals surface area contributed by atoms with Crippen LogP contribution in [0, 0.1) is 0 Å². The first kappa shape index (κ1) is 17.0. The van der Waals surface area contributed by atoms with Crippen LogP contribution in [0.4, 0.5) is 0 Å². The number of amides is 1. The summed E-state index contributed by atoms with van der Waals surface area (Å²) in [6.45, 7) is 4.29. The van der Waals surface area contributed by atoms with E-state index >= 15 is 0 Å². The SMILES string of the molecule is CC1CCCC(C)N1C(=O)CSc1nccc(-c2ccccc2)n1. The fourth-order valence-corrected chi connectivity index (χ4v) is 3.99. The second-order valence-corrected chi connectivity index (χ2v) is 7.25. The number of benzene rings is 1. The summed E-state index contributed by atoms with van der Waals surface area (Å²) in [5.74, 6) is 0.584. The van der Waals surface area contributed by atoms with Crippen LogP contribution in [0.5, 0.6) is 0 Å². The number of piperidine rings is 1. The predicted molar refractivity (Wildman–Crippen MR) is 97.8 cm³/mol. The number of likely N-dealkylation sites (tertiary alicyclic amines) is 1. The average Bonchev–Trinajstić information content (AvgIpc) is 2.61. The van der Waals surface area contributed by atoms with Gasteiger partial charge in [-0.3, -0.25) is 4.79 Å². The van der Waals surface area contributed by atoms with E-state index in [1.54, 1.807) is 6.20 Å². The molecule has 0 aliphatic carbocycles. The molecule has 5 heteroatoms. The zero-order valence-corrected chi connectivity index (χ0v) is 15.0. The van der Waals surface area contributed by atoms with Crippen LogP contribution in [0.15, 0.2) is 47.8 Å². The Hall–Kier alpha value is -1.88. The topological polar surface area (TPSA) is 46.1 Å². The van der Waals surface area contributed by atoms with Crippen molar-refractivity contribution in [1.29, 1.82) is 0 Å². The molecular formula is C19H23N3OS. The van der Waals surface area contributed by atoms with E-state index in [2.05, 4.69) is 23.8 Å². The molecular weight excluding hydrogens is 318 g/mol. The summed E-state index contributed by atoms with van der Waals surface area (Å²) in [5, 5.41) is 0.655. The van der Waals surface area contributed by atoms with Gasteiger partial charge in [-0.2, -0.15) is 0 Å². The van der Waals surface area contributed by atoms with Crippen LogP contribution in [0.3, 0.4) is 0 Å². The molecule has 1 fully saturated rings. The van der Waals surface area contributed by atoms with Crippen molar-refractivity contribution >= 4 is 17.7 Å². The Morgan fingerprint density at radius 1 is 1.17 bits per heavy atom. The molecule has 1 aliphatic rings. The molecule has 0 saturated carbocycles. The average molecular weight is 341 g/mol. The molecule has 2 aromatic rings. The van der Waals surface area contributed by atoms with Gasteiger partial charge in [0.1, 0.15) is 0 Å². The van der Waals surface area contributed by atoms with Gasteiger partial charge in [0.15, 0.2) is 5.16 Å². The van der Waals surface area contributed by atoms with Crippen molar-refractivity contribution in [3.05, 3.63) is 42.6 Å². The van der Waals surface area contributed by atoms with Crippen molar-refractivity contribution < 1.29 is 4.79 Å². The number of rotatable bonds is 4. The van der Waals surface area contributed by atoms with Crippen LogP contribution in [0.1, 0.15) is 33.1 Å². The van der Waals surface area contributed by atoms with E-state index < -0.39 is 0 Å². The Kier molecular flexibility index (Phi) is 5.51. The van der Waals surface area contributed by atoms with Crippen LogP contribution in [0.2, 0.25) is 0 Å². The van der Waals surface area contributed by atoms with Gasteiger partial charge in [0.2, 0.25) is 5.91 Å². The second-order valence-electron chi connectivity index (χ2n) is 6.31. The molecule has 3 rings (SSSR count). The molecule has 1 aromatic heterocycles. The van der Waals surface area contributed by atoms with Crippen LogP contribution < -0.4 is 0 Å². The van der Waals surface area contributed by atoms with Gasteiger partial charge in [-0.1, -0.05) is 42.1 Å². The highest BCUT2D eigenvalue weighted by atomic mass is 32.2. The van der Waals surface area contributed by atoms with E-state index in [4.69, 9.17) is 0 Å². The largest absolute Gasteiger partial charge is 0.337 e. The van der Waals surface area contributed by atoms with Gasteiger partial charge in [0.25, 0.3) is 0 Å². The number of carbonyl (C=O) groups is 1. The highest BCUT2D eigenvalue weighted by Crippen LogP contribution is 2.25. The molecule has 1 aliphatic heterocycles. The molecule has 24 heavy (non-hydrogen) atoms. The highest BCUT2D eigenvalue weighted by Gasteiger charge is 2.28. The molecule has 0 radical (unpaired) electrons. The summed E-state index contributed by atoms with van der Waals surface area (Å²) < 4.78 is 0. The van der Waals surface area contributed by atoms with E-state index in [0.717, 1.165) is 24.1 Å².